The standard InChI is InChI=1S/C22H35NO3/c1-5-26-18(25)21(4)10-6-9-20(3)14(21)8-12-22-13-19(2,11-7-15(20)22)16(23)17(22)24/h14-16H,5-13,23H2,1-4H3/t14-,15-,16+,19-,20+,21+,22-/m0/s1. The van der Waals surface area contributed by atoms with Gasteiger partial charge in [0, 0.05) is 5.41 Å². The highest BCUT2D eigenvalue weighted by molar-refractivity contribution is 5.94. The molecule has 4 nitrogen and oxygen atoms in total. The highest BCUT2D eigenvalue weighted by Crippen LogP contribution is 2.72. The second kappa shape index (κ2) is 5.56. The molecule has 4 saturated carbocycles. The van der Waals surface area contributed by atoms with E-state index in [4.69, 9.17) is 10.5 Å². The number of ether oxygens (including phenoxy) is 1. The molecule has 4 rings (SSSR count). The van der Waals surface area contributed by atoms with Crippen molar-refractivity contribution >= 4 is 11.8 Å². The summed E-state index contributed by atoms with van der Waals surface area (Å²) in [6.07, 6.45) is 8.04. The molecule has 0 heterocycles. The normalized spacial score (nSPS) is 53.0. The SMILES string of the molecule is CCOC(=O)[C@]1(C)CCC[C@@]2(C)[C@@H]3CC[C@@]4(C)C[C@]3(CC[C@@H]21)C(=O)[C@H]4N. The Kier molecular flexibility index (Phi) is 3.95. The quantitative estimate of drug-likeness (QED) is 0.758. The molecule has 0 unspecified atom stereocenters. The minimum atomic E-state index is -0.408. The predicted molar refractivity (Wildman–Crippen MR) is 100 cm³/mol. The van der Waals surface area contributed by atoms with Crippen molar-refractivity contribution < 1.29 is 14.3 Å². The van der Waals surface area contributed by atoms with Crippen LogP contribution in [-0.4, -0.2) is 24.4 Å². The molecule has 4 fully saturated rings. The average Bonchev–Trinajstić information content (AvgIpc) is 2.72. The van der Waals surface area contributed by atoms with E-state index in [2.05, 4.69) is 20.8 Å². The number of ketones is 1. The molecule has 0 aromatic carbocycles. The van der Waals surface area contributed by atoms with Gasteiger partial charge < -0.3 is 10.5 Å². The maximum Gasteiger partial charge on any atom is 0.312 e. The average molecular weight is 362 g/mol. The summed E-state index contributed by atoms with van der Waals surface area (Å²) >= 11 is 0. The topological polar surface area (TPSA) is 69.4 Å². The number of carbonyl (C=O) groups is 2. The van der Waals surface area contributed by atoms with Crippen molar-refractivity contribution in [3.63, 3.8) is 0 Å². The molecular formula is C22H35NO3. The van der Waals surface area contributed by atoms with E-state index in [0.717, 1.165) is 51.4 Å². The molecule has 4 heteroatoms. The van der Waals surface area contributed by atoms with Gasteiger partial charge in [-0.3, -0.25) is 9.59 Å². The van der Waals surface area contributed by atoms with Crippen molar-refractivity contribution in [3.05, 3.63) is 0 Å². The third-order valence-electron chi connectivity index (χ3n) is 9.31. The Balaban J connectivity index is 1.74. The molecule has 146 valence electrons. The van der Waals surface area contributed by atoms with Crippen molar-refractivity contribution in [1.82, 2.24) is 0 Å². The van der Waals surface area contributed by atoms with Gasteiger partial charge in [-0.1, -0.05) is 20.3 Å². The van der Waals surface area contributed by atoms with Gasteiger partial charge in [0.1, 0.15) is 0 Å². The fourth-order valence-electron chi connectivity index (χ4n) is 8.10. The van der Waals surface area contributed by atoms with Crippen LogP contribution in [0.1, 0.15) is 79.1 Å². The Bertz CT molecular complexity index is 647. The summed E-state index contributed by atoms with van der Waals surface area (Å²) < 4.78 is 5.50. The van der Waals surface area contributed by atoms with Crippen molar-refractivity contribution in [2.75, 3.05) is 6.61 Å². The van der Waals surface area contributed by atoms with Gasteiger partial charge in [-0.25, -0.2) is 0 Å². The molecule has 0 amide bonds. The van der Waals surface area contributed by atoms with Crippen LogP contribution >= 0.6 is 0 Å². The van der Waals surface area contributed by atoms with E-state index in [9.17, 15) is 9.59 Å². The third kappa shape index (κ3) is 2.05. The van der Waals surface area contributed by atoms with Crippen LogP contribution in [0.15, 0.2) is 0 Å². The molecule has 7 atom stereocenters. The van der Waals surface area contributed by atoms with Gasteiger partial charge in [0.25, 0.3) is 0 Å². The second-order valence-corrected chi connectivity index (χ2v) is 10.5. The molecule has 2 bridgehead atoms. The maximum absolute atomic E-state index is 13.3. The highest BCUT2D eigenvalue weighted by atomic mass is 16.5. The van der Waals surface area contributed by atoms with Crippen LogP contribution in [0.2, 0.25) is 0 Å². The van der Waals surface area contributed by atoms with Crippen molar-refractivity contribution in [2.24, 2.45) is 39.2 Å². The van der Waals surface area contributed by atoms with E-state index >= 15 is 0 Å². The first kappa shape index (κ1) is 18.5. The summed E-state index contributed by atoms with van der Waals surface area (Å²) in [7, 11) is 0. The van der Waals surface area contributed by atoms with E-state index in [0.29, 0.717) is 24.2 Å². The fourth-order valence-corrected chi connectivity index (χ4v) is 8.10. The van der Waals surface area contributed by atoms with Gasteiger partial charge in [0.05, 0.1) is 18.1 Å². The summed E-state index contributed by atoms with van der Waals surface area (Å²) in [5.41, 5.74) is 5.81. The van der Waals surface area contributed by atoms with Crippen LogP contribution in [0.4, 0.5) is 0 Å². The molecule has 4 aliphatic rings. The van der Waals surface area contributed by atoms with Gasteiger partial charge in [-0.15, -0.1) is 0 Å². The van der Waals surface area contributed by atoms with Gasteiger partial charge in [-0.05, 0) is 81.5 Å². The summed E-state index contributed by atoms with van der Waals surface area (Å²) in [6, 6.07) is -0.298. The Morgan fingerprint density at radius 1 is 1.12 bits per heavy atom. The van der Waals surface area contributed by atoms with Gasteiger partial charge in [0.2, 0.25) is 0 Å². The zero-order valence-electron chi connectivity index (χ0n) is 16.9. The molecule has 0 radical (unpaired) electrons. The van der Waals surface area contributed by atoms with Crippen LogP contribution in [0.5, 0.6) is 0 Å². The third-order valence-corrected chi connectivity index (χ3v) is 9.31. The molecule has 0 aromatic heterocycles. The second-order valence-electron chi connectivity index (χ2n) is 10.5. The Morgan fingerprint density at radius 3 is 2.50 bits per heavy atom. The highest BCUT2D eigenvalue weighted by Gasteiger charge is 2.71. The zero-order valence-corrected chi connectivity index (χ0v) is 16.9. The van der Waals surface area contributed by atoms with Crippen molar-refractivity contribution in [1.29, 1.82) is 0 Å². The minimum Gasteiger partial charge on any atom is -0.466 e. The van der Waals surface area contributed by atoms with E-state index in [-0.39, 0.29) is 28.3 Å². The molecule has 4 aliphatic carbocycles. The predicted octanol–water partition coefficient (Wildman–Crippen LogP) is 3.86. The largest absolute Gasteiger partial charge is 0.466 e. The number of carbonyl (C=O) groups excluding carboxylic acids is 2. The molecule has 2 N–H and O–H groups in total. The number of rotatable bonds is 2. The van der Waals surface area contributed by atoms with Gasteiger partial charge >= 0.3 is 5.97 Å². The van der Waals surface area contributed by atoms with Gasteiger partial charge in [-0.2, -0.15) is 0 Å². The van der Waals surface area contributed by atoms with Crippen LogP contribution in [0, 0.1) is 33.5 Å². The van der Waals surface area contributed by atoms with Crippen LogP contribution in [0.3, 0.4) is 0 Å². The lowest BCUT2D eigenvalue weighted by Crippen LogP contribution is -2.60. The molecular weight excluding hydrogens is 326 g/mol. The molecule has 1 spiro atoms. The minimum absolute atomic E-state index is 0.0180. The van der Waals surface area contributed by atoms with Crippen LogP contribution < -0.4 is 5.73 Å². The lowest BCUT2D eigenvalue weighted by molar-refractivity contribution is -0.188. The summed E-state index contributed by atoms with van der Waals surface area (Å²) in [4.78, 5) is 26.2. The Morgan fingerprint density at radius 2 is 1.81 bits per heavy atom. The first-order valence-corrected chi connectivity index (χ1v) is 10.6. The number of Topliss-reactive ketones (excluding diaryl/α,β-unsaturated/α-hetero) is 1. The van der Waals surface area contributed by atoms with Crippen molar-refractivity contribution in [3.8, 4) is 0 Å². The number of hydrogen-bond donors (Lipinski definition) is 1. The summed E-state index contributed by atoms with van der Waals surface area (Å²) in [5.74, 6) is 0.983. The zero-order chi connectivity index (χ0) is 19.0. The van der Waals surface area contributed by atoms with Gasteiger partial charge in [0.15, 0.2) is 5.78 Å². The number of esters is 1. The lowest BCUT2D eigenvalue weighted by atomic mass is 9.40. The number of nitrogens with two attached hydrogens (primary N) is 1. The van der Waals surface area contributed by atoms with E-state index in [1.165, 1.54) is 0 Å². The monoisotopic (exact) mass is 361 g/mol. The number of hydrogen-bond acceptors (Lipinski definition) is 4. The molecule has 0 aromatic rings. The van der Waals surface area contributed by atoms with E-state index in [1.54, 1.807) is 0 Å². The lowest BCUT2D eigenvalue weighted by Gasteiger charge is -2.63. The summed E-state index contributed by atoms with van der Waals surface area (Å²) in [6.45, 7) is 9.05. The summed E-state index contributed by atoms with van der Waals surface area (Å²) in [5, 5.41) is 0. The fraction of sp³-hybridized carbons (Fsp3) is 0.909. The number of fused-ring (bicyclic) bond motifs is 3. The smallest absolute Gasteiger partial charge is 0.312 e. The molecule has 0 saturated heterocycles. The maximum atomic E-state index is 13.3. The molecule has 26 heavy (non-hydrogen) atoms. The van der Waals surface area contributed by atoms with Crippen LogP contribution in [0.25, 0.3) is 0 Å². The van der Waals surface area contributed by atoms with Crippen molar-refractivity contribution in [2.45, 2.75) is 85.1 Å². The Labute approximate surface area is 157 Å². The van der Waals surface area contributed by atoms with E-state index in [1.807, 2.05) is 6.92 Å². The van der Waals surface area contributed by atoms with Crippen LogP contribution in [-0.2, 0) is 14.3 Å². The van der Waals surface area contributed by atoms with E-state index < -0.39 is 5.41 Å². The Hall–Kier alpha value is -0.900. The first-order chi connectivity index (χ1) is 12.1. The first-order valence-electron chi connectivity index (χ1n) is 10.6. The molecule has 0 aliphatic heterocycles.